The van der Waals surface area contributed by atoms with Crippen molar-refractivity contribution in [3.63, 3.8) is 0 Å². The fourth-order valence-corrected chi connectivity index (χ4v) is 3.35. The van der Waals surface area contributed by atoms with Crippen molar-refractivity contribution in [1.29, 1.82) is 0 Å². The molecule has 1 aromatic heterocycles. The number of pyridine rings is 1. The Morgan fingerprint density at radius 2 is 1.78 bits per heavy atom. The Hall–Kier alpha value is -2.76. The number of amides is 2. The Labute approximate surface area is 158 Å². The van der Waals surface area contributed by atoms with E-state index in [9.17, 15) is 14.0 Å². The zero-order chi connectivity index (χ0) is 19.2. The van der Waals surface area contributed by atoms with Gasteiger partial charge in [0.15, 0.2) is 0 Å². The predicted octanol–water partition coefficient (Wildman–Crippen LogP) is 3.14. The summed E-state index contributed by atoms with van der Waals surface area (Å²) in [5, 5.41) is 3.03. The minimum absolute atomic E-state index is 0.0437. The van der Waals surface area contributed by atoms with Crippen molar-refractivity contribution in [3.05, 3.63) is 65.7 Å². The van der Waals surface area contributed by atoms with Gasteiger partial charge >= 0.3 is 0 Å². The maximum absolute atomic E-state index is 13.0. The summed E-state index contributed by atoms with van der Waals surface area (Å²) in [5.41, 5.74) is 1.56. The van der Waals surface area contributed by atoms with E-state index in [1.54, 1.807) is 36.7 Å². The number of benzene rings is 1. The highest BCUT2D eigenvalue weighted by Crippen LogP contribution is 2.22. The van der Waals surface area contributed by atoms with Gasteiger partial charge in [-0.15, -0.1) is 0 Å². The smallest absolute Gasteiger partial charge is 0.251 e. The summed E-state index contributed by atoms with van der Waals surface area (Å²) >= 11 is 0. The highest BCUT2D eigenvalue weighted by molar-refractivity contribution is 5.94. The summed E-state index contributed by atoms with van der Waals surface area (Å²) in [6.45, 7) is 3.25. The second kappa shape index (κ2) is 8.75. The topological polar surface area (TPSA) is 62.3 Å². The Morgan fingerprint density at radius 1 is 1.15 bits per heavy atom. The quantitative estimate of drug-likeness (QED) is 0.881. The number of carbonyl (C=O) groups excluding carboxylic acids is 2. The molecule has 3 rings (SSSR count). The molecule has 27 heavy (non-hydrogen) atoms. The molecule has 1 saturated heterocycles. The SMILES string of the molecule is CC(CC(=O)N1CCC(NC(=O)c2ccncc2)CC1)c1ccc(F)cc1. The molecule has 1 fully saturated rings. The number of carbonyl (C=O) groups is 2. The molecular formula is C21H24FN3O2. The van der Waals surface area contributed by atoms with Crippen LogP contribution in [0.3, 0.4) is 0 Å². The van der Waals surface area contributed by atoms with Gasteiger partial charge in [0.05, 0.1) is 0 Å². The third kappa shape index (κ3) is 5.12. The van der Waals surface area contributed by atoms with Crippen LogP contribution in [0.2, 0.25) is 0 Å². The van der Waals surface area contributed by atoms with Crippen LogP contribution in [-0.2, 0) is 4.79 Å². The Bertz CT molecular complexity index is 772. The van der Waals surface area contributed by atoms with Crippen molar-refractivity contribution in [2.24, 2.45) is 0 Å². The lowest BCUT2D eigenvalue weighted by Crippen LogP contribution is -2.46. The molecule has 5 nitrogen and oxygen atoms in total. The Morgan fingerprint density at radius 3 is 2.41 bits per heavy atom. The average Bonchev–Trinajstić information content (AvgIpc) is 2.69. The van der Waals surface area contributed by atoms with Crippen molar-refractivity contribution in [2.75, 3.05) is 13.1 Å². The van der Waals surface area contributed by atoms with Crippen LogP contribution in [0.25, 0.3) is 0 Å². The molecule has 0 bridgehead atoms. The fourth-order valence-electron chi connectivity index (χ4n) is 3.35. The molecule has 0 radical (unpaired) electrons. The van der Waals surface area contributed by atoms with Gasteiger partial charge in [0.25, 0.3) is 5.91 Å². The predicted molar refractivity (Wildman–Crippen MR) is 101 cm³/mol. The highest BCUT2D eigenvalue weighted by Gasteiger charge is 2.25. The lowest BCUT2D eigenvalue weighted by molar-refractivity contribution is -0.132. The number of halogens is 1. The second-order valence-electron chi connectivity index (χ2n) is 7.02. The summed E-state index contributed by atoms with van der Waals surface area (Å²) in [6, 6.07) is 9.75. The second-order valence-corrected chi connectivity index (χ2v) is 7.02. The third-order valence-corrected chi connectivity index (χ3v) is 5.05. The summed E-state index contributed by atoms with van der Waals surface area (Å²) in [6.07, 6.45) is 5.08. The van der Waals surface area contributed by atoms with E-state index in [0.717, 1.165) is 18.4 Å². The number of aromatic nitrogens is 1. The van der Waals surface area contributed by atoms with Gasteiger partial charge in [-0.05, 0) is 48.6 Å². The van der Waals surface area contributed by atoms with E-state index < -0.39 is 0 Å². The van der Waals surface area contributed by atoms with Gasteiger partial charge in [-0.1, -0.05) is 19.1 Å². The average molecular weight is 369 g/mol. The van der Waals surface area contributed by atoms with E-state index in [1.165, 1.54) is 12.1 Å². The number of hydrogen-bond acceptors (Lipinski definition) is 3. The third-order valence-electron chi connectivity index (χ3n) is 5.05. The maximum Gasteiger partial charge on any atom is 0.251 e. The molecule has 0 aliphatic carbocycles. The molecule has 0 saturated carbocycles. The minimum atomic E-state index is -0.270. The zero-order valence-electron chi connectivity index (χ0n) is 15.4. The number of nitrogens with one attached hydrogen (secondary N) is 1. The first-order valence-corrected chi connectivity index (χ1v) is 9.27. The molecule has 1 unspecified atom stereocenters. The van der Waals surface area contributed by atoms with Crippen molar-refractivity contribution in [1.82, 2.24) is 15.2 Å². The van der Waals surface area contributed by atoms with Crippen LogP contribution in [0.15, 0.2) is 48.8 Å². The molecule has 6 heteroatoms. The molecule has 1 aliphatic rings. The van der Waals surface area contributed by atoms with Gasteiger partial charge < -0.3 is 10.2 Å². The number of piperidine rings is 1. The largest absolute Gasteiger partial charge is 0.349 e. The first-order valence-electron chi connectivity index (χ1n) is 9.27. The molecule has 142 valence electrons. The van der Waals surface area contributed by atoms with Gasteiger partial charge in [-0.25, -0.2) is 4.39 Å². The number of rotatable bonds is 5. The van der Waals surface area contributed by atoms with Crippen molar-refractivity contribution < 1.29 is 14.0 Å². The van der Waals surface area contributed by atoms with Gasteiger partial charge in [-0.3, -0.25) is 14.6 Å². The maximum atomic E-state index is 13.0. The van der Waals surface area contributed by atoms with Crippen LogP contribution in [0.5, 0.6) is 0 Å². The van der Waals surface area contributed by atoms with Crippen LogP contribution >= 0.6 is 0 Å². The van der Waals surface area contributed by atoms with E-state index in [2.05, 4.69) is 10.3 Å². The molecule has 1 aromatic carbocycles. The van der Waals surface area contributed by atoms with Crippen LogP contribution < -0.4 is 5.32 Å². The highest BCUT2D eigenvalue weighted by atomic mass is 19.1. The summed E-state index contributed by atoms with van der Waals surface area (Å²) < 4.78 is 13.0. The van der Waals surface area contributed by atoms with Crippen molar-refractivity contribution >= 4 is 11.8 Å². The molecular weight excluding hydrogens is 345 g/mol. The van der Waals surface area contributed by atoms with Crippen LogP contribution in [-0.4, -0.2) is 40.8 Å². The number of hydrogen-bond donors (Lipinski definition) is 1. The van der Waals surface area contributed by atoms with E-state index >= 15 is 0 Å². The van der Waals surface area contributed by atoms with Gasteiger partial charge in [0.2, 0.25) is 5.91 Å². The van der Waals surface area contributed by atoms with Crippen LogP contribution in [0, 0.1) is 5.82 Å². The molecule has 1 aliphatic heterocycles. The standard InChI is InChI=1S/C21H24FN3O2/c1-15(16-2-4-18(22)5-3-16)14-20(26)25-12-8-19(9-13-25)24-21(27)17-6-10-23-11-7-17/h2-7,10-11,15,19H,8-9,12-14H2,1H3,(H,24,27). The van der Waals surface area contributed by atoms with Gasteiger partial charge in [0.1, 0.15) is 5.82 Å². The van der Waals surface area contributed by atoms with Crippen molar-refractivity contribution in [3.8, 4) is 0 Å². The van der Waals surface area contributed by atoms with E-state index in [-0.39, 0.29) is 29.6 Å². The number of nitrogens with zero attached hydrogens (tertiary/aromatic N) is 2. The normalized spacial score (nSPS) is 16.0. The summed E-state index contributed by atoms with van der Waals surface area (Å²) in [7, 11) is 0. The summed E-state index contributed by atoms with van der Waals surface area (Å²) in [4.78, 5) is 30.5. The van der Waals surface area contributed by atoms with Crippen LogP contribution in [0.1, 0.15) is 48.0 Å². The van der Waals surface area contributed by atoms with E-state index in [4.69, 9.17) is 0 Å². The molecule has 1 atom stereocenters. The van der Waals surface area contributed by atoms with E-state index in [1.807, 2.05) is 11.8 Å². The van der Waals surface area contributed by atoms with E-state index in [0.29, 0.717) is 25.1 Å². The van der Waals surface area contributed by atoms with Crippen molar-refractivity contribution in [2.45, 2.75) is 38.1 Å². The number of likely N-dealkylation sites (tertiary alicyclic amines) is 1. The Balaban J connectivity index is 1.46. The van der Waals surface area contributed by atoms with Gasteiger partial charge in [0, 0.05) is 43.5 Å². The monoisotopic (exact) mass is 369 g/mol. The molecule has 1 N–H and O–H groups in total. The minimum Gasteiger partial charge on any atom is -0.349 e. The lowest BCUT2D eigenvalue weighted by atomic mass is 9.96. The zero-order valence-corrected chi connectivity index (χ0v) is 15.4. The lowest BCUT2D eigenvalue weighted by Gasteiger charge is -2.33. The van der Waals surface area contributed by atoms with Gasteiger partial charge in [-0.2, -0.15) is 0 Å². The molecule has 2 aromatic rings. The molecule has 0 spiro atoms. The molecule has 2 heterocycles. The van der Waals surface area contributed by atoms with Crippen LogP contribution in [0.4, 0.5) is 4.39 Å². The first-order chi connectivity index (χ1) is 13.0. The summed E-state index contributed by atoms with van der Waals surface area (Å²) in [5.74, 6) is -0.228. The molecule has 2 amide bonds. The fraction of sp³-hybridized carbons (Fsp3) is 0.381. The Kier molecular flexibility index (Phi) is 6.16. The first kappa shape index (κ1) is 19.0.